The van der Waals surface area contributed by atoms with Crippen LogP contribution in [0.2, 0.25) is 0 Å². The first-order valence-corrected chi connectivity index (χ1v) is 11.8. The van der Waals surface area contributed by atoms with Gasteiger partial charge in [0.15, 0.2) is 11.5 Å². The lowest BCUT2D eigenvalue weighted by molar-refractivity contribution is -0.121. The van der Waals surface area contributed by atoms with E-state index in [-0.39, 0.29) is 29.3 Å². The summed E-state index contributed by atoms with van der Waals surface area (Å²) in [6.45, 7) is 2.29. The summed E-state index contributed by atoms with van der Waals surface area (Å²) in [7, 11) is 3.57. The fraction of sp³-hybridized carbons (Fsp3) is 0.364. The summed E-state index contributed by atoms with van der Waals surface area (Å²) in [6, 6.07) is 3.12. The minimum Gasteiger partial charge on any atom is -0.504 e. The number of benzene rings is 1. The molecule has 4 rings (SSSR count). The van der Waals surface area contributed by atoms with E-state index in [1.165, 1.54) is 13.1 Å². The molecule has 1 aromatic heterocycles. The molecule has 0 aliphatic carbocycles. The van der Waals surface area contributed by atoms with Crippen LogP contribution < -0.4 is 4.74 Å². The Labute approximate surface area is 198 Å². The first-order chi connectivity index (χ1) is 15.3. The molecule has 2 fully saturated rings. The molecule has 0 atom stereocenters. The number of ether oxygens (including phenoxy) is 1. The number of phenolic OH excluding ortho intramolecular Hbond substituents is 1. The fourth-order valence-corrected chi connectivity index (χ4v) is 4.81. The Hall–Kier alpha value is -2.43. The van der Waals surface area contributed by atoms with E-state index in [4.69, 9.17) is 4.74 Å². The number of nitrogens with zero attached hydrogens (tertiary/aromatic N) is 4. The number of thioether (sulfide) groups is 1. The molecular weight excluding hydrogens is 496 g/mol. The molecule has 2 aliphatic rings. The maximum atomic E-state index is 12.2. The number of carbonyl (C=O) groups is 2. The van der Waals surface area contributed by atoms with Crippen LogP contribution in [0.3, 0.4) is 0 Å². The Bertz CT molecular complexity index is 1070. The second kappa shape index (κ2) is 9.60. The van der Waals surface area contributed by atoms with Crippen LogP contribution in [0, 0.1) is 0 Å². The highest BCUT2D eigenvalue weighted by molar-refractivity contribution is 9.10. The molecule has 8 nitrogen and oxygen atoms in total. The normalized spacial score (nSPS) is 19.2. The minimum absolute atomic E-state index is 0.0403. The molecule has 0 bridgehead atoms. The molecule has 0 radical (unpaired) electrons. The van der Waals surface area contributed by atoms with Crippen LogP contribution in [0.5, 0.6) is 11.5 Å². The van der Waals surface area contributed by atoms with Gasteiger partial charge in [-0.3, -0.25) is 14.5 Å². The SMILES string of the molecule is CN1CCC(c2ncc(COc3cc(/C=C4\SC(=O)N(C)C4=O)c(Br)cc3O)cn2)CC1. The van der Waals surface area contributed by atoms with E-state index in [0.717, 1.165) is 54.0 Å². The number of likely N-dealkylation sites (tertiary alicyclic amines) is 1. The lowest BCUT2D eigenvalue weighted by Crippen LogP contribution is -2.29. The lowest BCUT2D eigenvalue weighted by Gasteiger charge is -2.27. The van der Waals surface area contributed by atoms with Crippen molar-refractivity contribution >= 4 is 44.9 Å². The topological polar surface area (TPSA) is 95.9 Å². The summed E-state index contributed by atoms with van der Waals surface area (Å²) in [4.78, 5) is 36.6. The largest absolute Gasteiger partial charge is 0.504 e. The van der Waals surface area contributed by atoms with E-state index in [1.54, 1.807) is 24.5 Å². The van der Waals surface area contributed by atoms with Gasteiger partial charge in [-0.1, -0.05) is 15.9 Å². The van der Waals surface area contributed by atoms with Gasteiger partial charge < -0.3 is 14.7 Å². The van der Waals surface area contributed by atoms with E-state index in [2.05, 4.69) is 37.8 Å². The molecule has 0 spiro atoms. The lowest BCUT2D eigenvalue weighted by atomic mass is 9.96. The average Bonchev–Trinajstić information content (AvgIpc) is 3.02. The molecule has 0 unspecified atom stereocenters. The molecule has 2 saturated heterocycles. The zero-order valence-electron chi connectivity index (χ0n) is 17.7. The number of halogens is 1. The second-order valence-corrected chi connectivity index (χ2v) is 9.75. The Morgan fingerprint density at radius 2 is 1.91 bits per heavy atom. The zero-order chi connectivity index (χ0) is 22.8. The van der Waals surface area contributed by atoms with Gasteiger partial charge in [0, 0.05) is 35.4 Å². The summed E-state index contributed by atoms with van der Waals surface area (Å²) < 4.78 is 6.38. The van der Waals surface area contributed by atoms with E-state index in [0.29, 0.717) is 20.9 Å². The molecule has 10 heteroatoms. The van der Waals surface area contributed by atoms with Crippen LogP contribution in [0.15, 0.2) is 33.9 Å². The highest BCUT2D eigenvalue weighted by Gasteiger charge is 2.32. The van der Waals surface area contributed by atoms with Crippen molar-refractivity contribution < 1.29 is 19.4 Å². The quantitative estimate of drug-likeness (QED) is 0.593. The van der Waals surface area contributed by atoms with Gasteiger partial charge in [0.05, 0.1) is 4.91 Å². The molecule has 1 N–H and O–H groups in total. The van der Waals surface area contributed by atoms with Gasteiger partial charge in [0.2, 0.25) is 0 Å². The maximum absolute atomic E-state index is 12.2. The number of hydrogen-bond donors (Lipinski definition) is 1. The van der Waals surface area contributed by atoms with Crippen LogP contribution in [0.25, 0.3) is 6.08 Å². The van der Waals surface area contributed by atoms with Crippen molar-refractivity contribution in [3.8, 4) is 11.5 Å². The van der Waals surface area contributed by atoms with Gasteiger partial charge in [-0.15, -0.1) is 0 Å². The summed E-state index contributed by atoms with van der Waals surface area (Å²) >= 11 is 4.26. The Balaban J connectivity index is 1.45. The first kappa shape index (κ1) is 22.8. The summed E-state index contributed by atoms with van der Waals surface area (Å²) in [5.74, 6) is 1.11. The van der Waals surface area contributed by atoms with Gasteiger partial charge in [-0.2, -0.15) is 0 Å². The molecule has 32 heavy (non-hydrogen) atoms. The van der Waals surface area contributed by atoms with Gasteiger partial charge in [0.1, 0.15) is 12.4 Å². The second-order valence-electron chi connectivity index (χ2n) is 7.90. The third-order valence-corrected chi connectivity index (χ3v) is 7.20. The molecular formula is C22H23BrN4O4S. The zero-order valence-corrected chi connectivity index (χ0v) is 20.1. The predicted molar refractivity (Wildman–Crippen MR) is 125 cm³/mol. The van der Waals surface area contributed by atoms with Gasteiger partial charge in [-0.25, -0.2) is 9.97 Å². The van der Waals surface area contributed by atoms with Crippen molar-refractivity contribution in [3.63, 3.8) is 0 Å². The number of aromatic nitrogens is 2. The summed E-state index contributed by atoms with van der Waals surface area (Å²) in [5.41, 5.74) is 1.41. The summed E-state index contributed by atoms with van der Waals surface area (Å²) in [6.07, 6.45) is 7.23. The Kier molecular flexibility index (Phi) is 6.82. The van der Waals surface area contributed by atoms with Crippen molar-refractivity contribution in [1.29, 1.82) is 0 Å². The van der Waals surface area contributed by atoms with E-state index < -0.39 is 0 Å². The smallest absolute Gasteiger partial charge is 0.293 e. The van der Waals surface area contributed by atoms with Crippen LogP contribution in [0.4, 0.5) is 4.79 Å². The Morgan fingerprint density at radius 1 is 1.22 bits per heavy atom. The Morgan fingerprint density at radius 3 is 2.53 bits per heavy atom. The molecule has 168 valence electrons. The van der Waals surface area contributed by atoms with E-state index in [9.17, 15) is 14.7 Å². The molecule has 3 heterocycles. The molecule has 0 saturated carbocycles. The van der Waals surface area contributed by atoms with Gasteiger partial charge in [-0.05, 0) is 68.5 Å². The van der Waals surface area contributed by atoms with E-state index >= 15 is 0 Å². The third-order valence-electron chi connectivity index (χ3n) is 5.55. The highest BCUT2D eigenvalue weighted by Crippen LogP contribution is 2.37. The maximum Gasteiger partial charge on any atom is 0.293 e. The van der Waals surface area contributed by atoms with Gasteiger partial charge >= 0.3 is 0 Å². The number of imide groups is 1. The van der Waals surface area contributed by atoms with Crippen molar-refractivity contribution in [2.75, 3.05) is 27.2 Å². The molecule has 2 aliphatic heterocycles. The van der Waals surface area contributed by atoms with E-state index in [1.807, 2.05) is 0 Å². The molecule has 2 aromatic rings. The minimum atomic E-state index is -0.357. The average molecular weight is 519 g/mol. The molecule has 2 amide bonds. The van der Waals surface area contributed by atoms with Crippen LogP contribution in [-0.4, -0.2) is 63.2 Å². The van der Waals surface area contributed by atoms with Crippen molar-refractivity contribution in [2.24, 2.45) is 0 Å². The predicted octanol–water partition coefficient (Wildman–Crippen LogP) is 4.00. The highest BCUT2D eigenvalue weighted by atomic mass is 79.9. The van der Waals surface area contributed by atoms with Crippen LogP contribution in [0.1, 0.15) is 35.7 Å². The van der Waals surface area contributed by atoms with Crippen molar-refractivity contribution in [3.05, 3.63) is 50.9 Å². The van der Waals surface area contributed by atoms with Crippen LogP contribution in [-0.2, 0) is 11.4 Å². The van der Waals surface area contributed by atoms with Crippen molar-refractivity contribution in [2.45, 2.75) is 25.4 Å². The number of aromatic hydroxyl groups is 1. The molecule has 1 aromatic carbocycles. The first-order valence-electron chi connectivity index (χ1n) is 10.2. The number of likely N-dealkylation sites (N-methyl/N-ethyl adjacent to an activating group) is 1. The standard InChI is InChI=1S/C22H23BrN4O4S/c1-26-5-3-14(4-6-26)20-24-10-13(11-25-20)12-31-18-7-15(16(23)9-17(18)28)8-19-21(29)27(2)22(30)32-19/h7-11,14,28H,3-6,12H2,1-2H3/b19-8-. The summed E-state index contributed by atoms with van der Waals surface area (Å²) in [5, 5.41) is 9.96. The number of rotatable bonds is 5. The monoisotopic (exact) mass is 518 g/mol. The number of piperidine rings is 1. The number of hydrogen-bond acceptors (Lipinski definition) is 8. The van der Waals surface area contributed by atoms with Crippen molar-refractivity contribution in [1.82, 2.24) is 19.8 Å². The number of phenols is 1. The van der Waals surface area contributed by atoms with Gasteiger partial charge in [0.25, 0.3) is 11.1 Å². The van der Waals surface area contributed by atoms with Crippen LogP contribution >= 0.6 is 27.7 Å². The number of carbonyl (C=O) groups excluding carboxylic acids is 2. The fourth-order valence-electron chi connectivity index (χ4n) is 3.55. The number of amides is 2. The third kappa shape index (κ3) is 4.97.